The molecule has 0 amide bonds. The van der Waals surface area contributed by atoms with Crippen molar-refractivity contribution in [1.29, 1.82) is 0 Å². The Morgan fingerprint density at radius 2 is 1.94 bits per heavy atom. The summed E-state index contributed by atoms with van der Waals surface area (Å²) in [6.07, 6.45) is 0. The number of rotatable bonds is 2. The SMILES string of the molecule is Nc1cc(Oc2ccc(Cl)c(F)c2)nc(N)n1. The first-order valence-corrected chi connectivity index (χ1v) is 4.95. The predicted molar refractivity (Wildman–Crippen MR) is 62.3 cm³/mol. The van der Waals surface area contributed by atoms with E-state index < -0.39 is 5.82 Å². The molecule has 2 aromatic rings. The number of hydrogen-bond acceptors (Lipinski definition) is 5. The molecule has 4 N–H and O–H groups in total. The lowest BCUT2D eigenvalue weighted by Crippen LogP contribution is -2.00. The molecule has 0 radical (unpaired) electrons. The second-order valence-corrected chi connectivity index (χ2v) is 3.57. The van der Waals surface area contributed by atoms with Gasteiger partial charge in [-0.15, -0.1) is 0 Å². The zero-order valence-electron chi connectivity index (χ0n) is 8.52. The Balaban J connectivity index is 2.28. The predicted octanol–water partition coefficient (Wildman–Crippen LogP) is 2.23. The van der Waals surface area contributed by atoms with Crippen LogP contribution < -0.4 is 16.2 Å². The Bertz CT molecular complexity index is 544. The number of aromatic nitrogens is 2. The number of hydrogen-bond donors (Lipinski definition) is 2. The van der Waals surface area contributed by atoms with Crippen LogP contribution in [0.4, 0.5) is 16.2 Å². The third-order valence-corrected chi connectivity index (χ3v) is 2.16. The van der Waals surface area contributed by atoms with E-state index >= 15 is 0 Å². The first-order chi connectivity index (χ1) is 8.04. The molecule has 0 saturated heterocycles. The number of nitrogens with two attached hydrogens (primary N) is 2. The van der Waals surface area contributed by atoms with Crippen LogP contribution >= 0.6 is 11.6 Å². The molecule has 0 aliphatic rings. The summed E-state index contributed by atoms with van der Waals surface area (Å²) in [4.78, 5) is 7.47. The first-order valence-electron chi connectivity index (χ1n) is 4.57. The van der Waals surface area contributed by atoms with Crippen molar-refractivity contribution in [3.05, 3.63) is 35.1 Å². The minimum atomic E-state index is -0.584. The molecule has 0 atom stereocenters. The van der Waals surface area contributed by atoms with Crippen LogP contribution in [0.25, 0.3) is 0 Å². The maximum atomic E-state index is 13.1. The molecule has 2 rings (SSSR count). The molecule has 0 unspecified atom stereocenters. The lowest BCUT2D eigenvalue weighted by molar-refractivity contribution is 0.458. The summed E-state index contributed by atoms with van der Waals surface area (Å²) in [5.74, 6) is -0.0586. The van der Waals surface area contributed by atoms with E-state index in [9.17, 15) is 4.39 Å². The molecular weight excluding hydrogens is 247 g/mol. The number of halogens is 2. The van der Waals surface area contributed by atoms with E-state index in [1.54, 1.807) is 0 Å². The molecule has 5 nitrogen and oxygen atoms in total. The average molecular weight is 255 g/mol. The molecule has 1 aromatic carbocycles. The van der Waals surface area contributed by atoms with E-state index in [0.717, 1.165) is 6.07 Å². The van der Waals surface area contributed by atoms with Crippen molar-refractivity contribution in [1.82, 2.24) is 9.97 Å². The summed E-state index contributed by atoms with van der Waals surface area (Å²) >= 11 is 5.54. The normalized spacial score (nSPS) is 10.2. The van der Waals surface area contributed by atoms with Gasteiger partial charge in [-0.1, -0.05) is 11.6 Å². The fourth-order valence-electron chi connectivity index (χ4n) is 1.17. The third-order valence-electron chi connectivity index (χ3n) is 1.85. The van der Waals surface area contributed by atoms with Gasteiger partial charge >= 0.3 is 0 Å². The van der Waals surface area contributed by atoms with Crippen molar-refractivity contribution in [3.63, 3.8) is 0 Å². The molecule has 0 aliphatic heterocycles. The van der Waals surface area contributed by atoms with Crippen molar-refractivity contribution >= 4 is 23.4 Å². The Morgan fingerprint density at radius 3 is 2.59 bits per heavy atom. The van der Waals surface area contributed by atoms with Gasteiger partial charge in [-0.3, -0.25) is 0 Å². The molecular formula is C10H8ClFN4O. The molecule has 0 aliphatic carbocycles. The molecule has 1 heterocycles. The zero-order valence-corrected chi connectivity index (χ0v) is 9.28. The van der Waals surface area contributed by atoms with Crippen LogP contribution in [-0.2, 0) is 0 Å². The minimum absolute atomic E-state index is 0.0130. The maximum absolute atomic E-state index is 13.1. The second-order valence-electron chi connectivity index (χ2n) is 3.17. The van der Waals surface area contributed by atoms with Crippen molar-refractivity contribution in [3.8, 4) is 11.6 Å². The standard InChI is InChI=1S/C10H8ClFN4O/c11-6-2-1-5(3-7(6)12)17-9-4-8(13)15-10(14)16-9/h1-4H,(H4,13,14,15,16). The molecule has 0 saturated carbocycles. The number of nitrogen functional groups attached to an aromatic ring is 2. The zero-order chi connectivity index (χ0) is 12.4. The molecule has 88 valence electrons. The van der Waals surface area contributed by atoms with E-state index in [4.69, 9.17) is 27.8 Å². The van der Waals surface area contributed by atoms with E-state index in [-0.39, 0.29) is 28.4 Å². The van der Waals surface area contributed by atoms with Gasteiger partial charge in [0.1, 0.15) is 17.4 Å². The molecule has 1 aromatic heterocycles. The molecule has 0 bridgehead atoms. The monoisotopic (exact) mass is 254 g/mol. The highest BCUT2D eigenvalue weighted by Crippen LogP contribution is 2.25. The average Bonchev–Trinajstić information content (AvgIpc) is 2.22. The van der Waals surface area contributed by atoms with Gasteiger partial charge in [-0.05, 0) is 12.1 Å². The summed E-state index contributed by atoms with van der Waals surface area (Å²) in [5.41, 5.74) is 10.9. The Hall–Kier alpha value is -2.08. The summed E-state index contributed by atoms with van der Waals surface area (Å²) in [6.45, 7) is 0. The first kappa shape index (κ1) is 11.4. The molecule has 17 heavy (non-hydrogen) atoms. The maximum Gasteiger partial charge on any atom is 0.226 e. The van der Waals surface area contributed by atoms with Crippen molar-refractivity contribution in [2.24, 2.45) is 0 Å². The van der Waals surface area contributed by atoms with E-state index in [1.165, 1.54) is 18.2 Å². The summed E-state index contributed by atoms with van der Waals surface area (Å²) in [7, 11) is 0. The van der Waals surface area contributed by atoms with Gasteiger partial charge in [-0.25, -0.2) is 4.39 Å². The third kappa shape index (κ3) is 2.73. The largest absolute Gasteiger partial charge is 0.439 e. The second kappa shape index (κ2) is 4.42. The van der Waals surface area contributed by atoms with Crippen LogP contribution in [0.15, 0.2) is 24.3 Å². The van der Waals surface area contributed by atoms with Crippen LogP contribution in [0.1, 0.15) is 0 Å². The van der Waals surface area contributed by atoms with Crippen LogP contribution in [0.5, 0.6) is 11.6 Å². The van der Waals surface area contributed by atoms with Crippen molar-refractivity contribution < 1.29 is 9.13 Å². The topological polar surface area (TPSA) is 87.0 Å². The summed E-state index contributed by atoms with van der Waals surface area (Å²) in [5, 5.41) is 0.0130. The van der Waals surface area contributed by atoms with E-state index in [0.29, 0.717) is 0 Å². The van der Waals surface area contributed by atoms with Crippen molar-refractivity contribution in [2.45, 2.75) is 0 Å². The van der Waals surface area contributed by atoms with Gasteiger partial charge in [0.15, 0.2) is 0 Å². The van der Waals surface area contributed by atoms with Crippen LogP contribution in [0.2, 0.25) is 5.02 Å². The minimum Gasteiger partial charge on any atom is -0.439 e. The van der Waals surface area contributed by atoms with Gasteiger partial charge in [0, 0.05) is 12.1 Å². The van der Waals surface area contributed by atoms with Gasteiger partial charge < -0.3 is 16.2 Å². The molecule has 0 spiro atoms. The van der Waals surface area contributed by atoms with E-state index in [1.807, 2.05) is 0 Å². The van der Waals surface area contributed by atoms with Crippen molar-refractivity contribution in [2.75, 3.05) is 11.5 Å². The van der Waals surface area contributed by atoms with Gasteiger partial charge in [0.25, 0.3) is 0 Å². The Labute approximate surface area is 101 Å². The number of benzene rings is 1. The van der Waals surface area contributed by atoms with Gasteiger partial charge in [0.2, 0.25) is 11.8 Å². The highest BCUT2D eigenvalue weighted by atomic mass is 35.5. The molecule has 0 fully saturated rings. The smallest absolute Gasteiger partial charge is 0.226 e. The summed E-state index contributed by atoms with van der Waals surface area (Å²) < 4.78 is 18.4. The Morgan fingerprint density at radius 1 is 1.18 bits per heavy atom. The highest BCUT2D eigenvalue weighted by Gasteiger charge is 2.05. The molecule has 7 heteroatoms. The highest BCUT2D eigenvalue weighted by molar-refractivity contribution is 6.30. The Kier molecular flexibility index (Phi) is 2.97. The van der Waals surface area contributed by atoms with Crippen LogP contribution in [0.3, 0.4) is 0 Å². The number of ether oxygens (including phenoxy) is 1. The quantitative estimate of drug-likeness (QED) is 0.858. The summed E-state index contributed by atoms with van der Waals surface area (Å²) in [6, 6.07) is 5.39. The van der Waals surface area contributed by atoms with Gasteiger partial charge in [0.05, 0.1) is 5.02 Å². The van der Waals surface area contributed by atoms with Gasteiger partial charge in [-0.2, -0.15) is 9.97 Å². The lowest BCUT2D eigenvalue weighted by atomic mass is 10.3. The van der Waals surface area contributed by atoms with E-state index in [2.05, 4.69) is 9.97 Å². The number of anilines is 2. The fraction of sp³-hybridized carbons (Fsp3) is 0. The lowest BCUT2D eigenvalue weighted by Gasteiger charge is -2.06. The fourth-order valence-corrected chi connectivity index (χ4v) is 1.29. The van der Waals surface area contributed by atoms with Crippen LogP contribution in [-0.4, -0.2) is 9.97 Å². The number of nitrogens with zero attached hydrogens (tertiary/aromatic N) is 2. The van der Waals surface area contributed by atoms with Crippen LogP contribution in [0, 0.1) is 5.82 Å².